The van der Waals surface area contributed by atoms with E-state index in [1.54, 1.807) is 4.57 Å². The molecule has 1 aliphatic carbocycles. The Hall–Kier alpha value is -2.32. The molecule has 0 spiro atoms. The quantitative estimate of drug-likeness (QED) is 0.605. The first kappa shape index (κ1) is 20.4. The molecule has 4 rings (SSSR count). The van der Waals surface area contributed by atoms with E-state index < -0.39 is 17.2 Å². The van der Waals surface area contributed by atoms with Crippen molar-refractivity contribution < 1.29 is 36.8 Å². The second kappa shape index (κ2) is 7.60. The first-order valence-electron chi connectivity index (χ1n) is 9.19. The highest BCUT2D eigenvalue weighted by Crippen LogP contribution is 2.43. The van der Waals surface area contributed by atoms with E-state index in [1.807, 2.05) is 4.90 Å². The van der Waals surface area contributed by atoms with Crippen molar-refractivity contribution in [1.29, 1.82) is 0 Å². The summed E-state index contributed by atoms with van der Waals surface area (Å²) in [4.78, 5) is 26.1. The molecule has 1 atom stereocenters. The number of halogens is 2. The predicted octanol–water partition coefficient (Wildman–Crippen LogP) is -2.04. The van der Waals surface area contributed by atoms with Crippen LogP contribution in [0.4, 0.5) is 10.1 Å². The maximum absolute atomic E-state index is 15.1. The van der Waals surface area contributed by atoms with Gasteiger partial charge in [0.2, 0.25) is 5.43 Å². The van der Waals surface area contributed by atoms with Crippen molar-refractivity contribution in [2.75, 3.05) is 31.6 Å². The van der Waals surface area contributed by atoms with Crippen LogP contribution in [0.2, 0.25) is 0 Å². The van der Waals surface area contributed by atoms with Crippen molar-refractivity contribution >= 4 is 22.6 Å². The number of carboxylic acids is 1. The number of methoxy groups -OCH3 is 1. The highest BCUT2D eigenvalue weighted by atomic mass is 35.5. The molecule has 2 aromatic rings. The zero-order valence-corrected chi connectivity index (χ0v) is 16.5. The van der Waals surface area contributed by atoms with Crippen LogP contribution in [0.25, 0.3) is 10.9 Å². The summed E-state index contributed by atoms with van der Waals surface area (Å²) in [6.45, 7) is 4.26. The lowest BCUT2D eigenvalue weighted by Gasteiger charge is -2.33. The fraction of sp³-hybridized carbons (Fsp3) is 0.474. The molecule has 2 aliphatic rings. The van der Waals surface area contributed by atoms with Crippen LogP contribution in [0, 0.1) is 5.82 Å². The van der Waals surface area contributed by atoms with Crippen LogP contribution in [-0.4, -0.2) is 48.4 Å². The predicted molar refractivity (Wildman–Crippen MR) is 98.4 cm³/mol. The number of quaternary nitrogens is 1. The zero-order valence-electron chi connectivity index (χ0n) is 15.7. The summed E-state index contributed by atoms with van der Waals surface area (Å²) in [6.07, 6.45) is 3.16. The molecule has 1 aliphatic heterocycles. The third-order valence-corrected chi connectivity index (χ3v) is 5.37. The van der Waals surface area contributed by atoms with E-state index in [2.05, 4.69) is 12.2 Å². The summed E-state index contributed by atoms with van der Waals surface area (Å²) < 4.78 is 22.5. The molecule has 1 saturated carbocycles. The topological polar surface area (TPSA) is 88.4 Å². The van der Waals surface area contributed by atoms with Crippen molar-refractivity contribution in [2.45, 2.75) is 31.8 Å². The van der Waals surface area contributed by atoms with Crippen molar-refractivity contribution in [1.82, 2.24) is 4.57 Å². The molecule has 0 amide bonds. The van der Waals surface area contributed by atoms with Gasteiger partial charge in [-0.25, -0.2) is 9.18 Å². The lowest BCUT2D eigenvalue weighted by atomic mass is 10.1. The molecule has 2 heterocycles. The number of anilines is 1. The van der Waals surface area contributed by atoms with Gasteiger partial charge in [0.15, 0.2) is 11.6 Å². The maximum Gasteiger partial charge on any atom is 0.341 e. The number of carbonyl (C=O) groups is 1. The number of piperazine rings is 1. The lowest BCUT2D eigenvalue weighted by Crippen LogP contribution is -3.00. The molecule has 1 aromatic carbocycles. The Bertz CT molecular complexity index is 990. The average Bonchev–Trinajstić information content (AvgIpc) is 3.46. The lowest BCUT2D eigenvalue weighted by molar-refractivity contribution is -0.687. The molecule has 0 radical (unpaired) electrons. The van der Waals surface area contributed by atoms with Gasteiger partial charge in [0, 0.05) is 12.2 Å². The third-order valence-electron chi connectivity index (χ3n) is 5.37. The molecule has 0 bridgehead atoms. The van der Waals surface area contributed by atoms with E-state index in [9.17, 15) is 14.7 Å². The van der Waals surface area contributed by atoms with Gasteiger partial charge >= 0.3 is 5.97 Å². The van der Waals surface area contributed by atoms with Gasteiger partial charge in [0.25, 0.3) is 0 Å². The van der Waals surface area contributed by atoms with E-state index in [0.29, 0.717) is 36.1 Å². The number of carboxylic acid groups (broad SMARTS) is 1. The van der Waals surface area contributed by atoms with E-state index in [4.69, 9.17) is 4.74 Å². The van der Waals surface area contributed by atoms with E-state index >= 15 is 4.39 Å². The highest BCUT2D eigenvalue weighted by molar-refractivity contribution is 5.97. The molecule has 3 N–H and O–H groups in total. The first-order valence-corrected chi connectivity index (χ1v) is 9.19. The van der Waals surface area contributed by atoms with Gasteiger partial charge in [0.1, 0.15) is 17.3 Å². The Morgan fingerprint density at radius 2 is 2.11 bits per heavy atom. The van der Waals surface area contributed by atoms with Crippen LogP contribution in [0.15, 0.2) is 17.1 Å². The molecule has 0 unspecified atom stereocenters. The average molecular weight is 412 g/mol. The van der Waals surface area contributed by atoms with E-state index in [1.165, 1.54) is 19.4 Å². The fourth-order valence-corrected chi connectivity index (χ4v) is 3.96. The number of aromatic carboxylic acids is 1. The molecule has 152 valence electrons. The van der Waals surface area contributed by atoms with Crippen LogP contribution >= 0.6 is 0 Å². The smallest absolute Gasteiger partial charge is 0.341 e. The monoisotopic (exact) mass is 411 g/mol. The Labute approximate surface area is 167 Å². The van der Waals surface area contributed by atoms with Crippen molar-refractivity contribution in [3.63, 3.8) is 0 Å². The SMILES string of the molecule is COc1c(N2CC[NH2+][C@H](C)C2)c(F)cc2c(=O)c(C(=O)O)cn(C3CC3)c12.[Cl-]. The number of hydrogen-bond donors (Lipinski definition) is 2. The van der Waals surface area contributed by atoms with Crippen molar-refractivity contribution in [2.24, 2.45) is 0 Å². The zero-order chi connectivity index (χ0) is 19.3. The molecule has 9 heteroatoms. The maximum atomic E-state index is 15.1. The first-order chi connectivity index (χ1) is 12.9. The summed E-state index contributed by atoms with van der Waals surface area (Å²) in [5.41, 5.74) is -0.196. The van der Waals surface area contributed by atoms with Gasteiger partial charge in [-0.3, -0.25) is 4.79 Å². The molecular weight excluding hydrogens is 389 g/mol. The second-order valence-corrected chi connectivity index (χ2v) is 7.40. The van der Waals surface area contributed by atoms with Gasteiger partial charge in [-0.2, -0.15) is 0 Å². The Morgan fingerprint density at radius 1 is 1.39 bits per heavy atom. The summed E-state index contributed by atoms with van der Waals surface area (Å²) in [6, 6.07) is 1.59. The molecule has 1 saturated heterocycles. The Kier molecular flexibility index (Phi) is 5.54. The highest BCUT2D eigenvalue weighted by Gasteiger charge is 2.32. The third kappa shape index (κ3) is 3.31. The number of rotatable bonds is 4. The Balaban J connectivity index is 0.00000225. The number of nitrogens with two attached hydrogens (primary N) is 1. The standard InChI is InChI=1S/C19H22FN3O4.ClH/c1-10-8-22(6-5-21-10)16-14(20)7-12-15(18(16)27-2)23(11-3-4-11)9-13(17(12)24)19(25)26;/h7,9-11,21H,3-6,8H2,1-2H3,(H,25,26);1H/t10-;/m1./s1. The van der Waals surface area contributed by atoms with E-state index in [-0.39, 0.29) is 29.4 Å². The number of ether oxygens (including phenoxy) is 1. The minimum atomic E-state index is -1.31. The molecular formula is C19H23ClFN3O4. The molecule has 2 fully saturated rings. The van der Waals surface area contributed by atoms with Gasteiger partial charge in [-0.1, -0.05) is 0 Å². The van der Waals surface area contributed by atoms with E-state index in [0.717, 1.165) is 19.4 Å². The van der Waals surface area contributed by atoms with Gasteiger partial charge in [-0.15, -0.1) is 0 Å². The molecule has 7 nitrogen and oxygen atoms in total. The number of fused-ring (bicyclic) bond motifs is 1. The summed E-state index contributed by atoms with van der Waals surface area (Å²) in [7, 11) is 1.46. The van der Waals surface area contributed by atoms with Gasteiger partial charge in [-0.05, 0) is 25.8 Å². The normalized spacial score (nSPS) is 19.4. The number of pyridine rings is 1. The number of hydrogen-bond acceptors (Lipinski definition) is 4. The minimum Gasteiger partial charge on any atom is -1.00 e. The summed E-state index contributed by atoms with van der Waals surface area (Å²) >= 11 is 0. The molecule has 1 aromatic heterocycles. The number of benzene rings is 1. The number of aromatic nitrogens is 1. The number of nitrogens with zero attached hydrogens (tertiary/aromatic N) is 2. The minimum absolute atomic E-state index is 0. The van der Waals surface area contributed by atoms with Crippen LogP contribution in [0.5, 0.6) is 5.75 Å². The van der Waals surface area contributed by atoms with Crippen LogP contribution in [-0.2, 0) is 0 Å². The van der Waals surface area contributed by atoms with Crippen LogP contribution in [0.1, 0.15) is 36.2 Å². The summed E-state index contributed by atoms with van der Waals surface area (Å²) in [5.74, 6) is -1.56. The molecule has 28 heavy (non-hydrogen) atoms. The van der Waals surface area contributed by atoms with Gasteiger partial charge in [0.05, 0.1) is 37.6 Å². The van der Waals surface area contributed by atoms with Crippen molar-refractivity contribution in [3.05, 3.63) is 33.9 Å². The van der Waals surface area contributed by atoms with Gasteiger partial charge < -0.3 is 37.0 Å². The Morgan fingerprint density at radius 3 is 2.68 bits per heavy atom. The largest absolute Gasteiger partial charge is 1.00 e. The van der Waals surface area contributed by atoms with Crippen LogP contribution < -0.4 is 32.8 Å². The van der Waals surface area contributed by atoms with Crippen molar-refractivity contribution in [3.8, 4) is 5.75 Å². The second-order valence-electron chi connectivity index (χ2n) is 7.40. The summed E-state index contributed by atoms with van der Waals surface area (Å²) in [5, 5.41) is 11.6. The van der Waals surface area contributed by atoms with Crippen LogP contribution in [0.3, 0.4) is 0 Å². The fourth-order valence-electron chi connectivity index (χ4n) is 3.96.